The summed E-state index contributed by atoms with van der Waals surface area (Å²) in [5.74, 6) is 1.20. The van der Waals surface area contributed by atoms with E-state index in [0.717, 1.165) is 10.7 Å². The third kappa shape index (κ3) is 6.69. The summed E-state index contributed by atoms with van der Waals surface area (Å²) in [6.45, 7) is 5.65. The van der Waals surface area contributed by atoms with Crippen LogP contribution in [0.4, 0.5) is 0 Å². The lowest BCUT2D eigenvalue weighted by atomic mass is 10.4. The van der Waals surface area contributed by atoms with Gasteiger partial charge in [0.2, 0.25) is 5.91 Å². The molecule has 0 fully saturated rings. The molecule has 2 heterocycles. The highest BCUT2D eigenvalue weighted by Gasteiger charge is 2.13. The number of aliphatic imine (C=N–C) groups is 1. The second kappa shape index (κ2) is 10.7. The molecule has 9 heteroatoms. The van der Waals surface area contributed by atoms with E-state index in [1.807, 2.05) is 37.2 Å². The highest BCUT2D eigenvalue weighted by atomic mass is 32.1. The smallest absolute Gasteiger partial charge is 0.242 e. The van der Waals surface area contributed by atoms with E-state index in [4.69, 9.17) is 9.15 Å². The minimum absolute atomic E-state index is 0.0196. The first-order chi connectivity index (χ1) is 13.0. The minimum atomic E-state index is -0.167. The number of guanidine groups is 1. The molecular weight excluding hydrogens is 366 g/mol. The van der Waals surface area contributed by atoms with Crippen LogP contribution in [0.1, 0.15) is 36.4 Å². The number of hydrogen-bond acceptors (Lipinski definition) is 6. The number of methoxy groups -OCH3 is 1. The SMILES string of the molecule is CCNC(=NCC(=O)NCc1ccco1)N(C)Cc1csc(C(C)OC)n1. The number of amides is 1. The highest BCUT2D eigenvalue weighted by molar-refractivity contribution is 7.09. The van der Waals surface area contributed by atoms with Gasteiger partial charge in [-0.05, 0) is 26.0 Å². The topological polar surface area (TPSA) is 92.0 Å². The zero-order chi connectivity index (χ0) is 19.6. The summed E-state index contributed by atoms with van der Waals surface area (Å²) in [5.41, 5.74) is 0.939. The Balaban J connectivity index is 1.90. The summed E-state index contributed by atoms with van der Waals surface area (Å²) in [6.07, 6.45) is 1.56. The van der Waals surface area contributed by atoms with Crippen LogP contribution in [0.25, 0.3) is 0 Å². The van der Waals surface area contributed by atoms with Crippen molar-refractivity contribution in [3.8, 4) is 0 Å². The van der Waals surface area contributed by atoms with Crippen molar-refractivity contribution in [1.29, 1.82) is 0 Å². The first kappa shape index (κ1) is 20.9. The fourth-order valence-electron chi connectivity index (χ4n) is 2.27. The van der Waals surface area contributed by atoms with Crippen molar-refractivity contribution in [1.82, 2.24) is 20.5 Å². The Bertz CT molecular complexity index is 729. The van der Waals surface area contributed by atoms with E-state index < -0.39 is 0 Å². The van der Waals surface area contributed by atoms with Gasteiger partial charge in [0, 0.05) is 26.1 Å². The van der Waals surface area contributed by atoms with Crippen molar-refractivity contribution in [2.24, 2.45) is 4.99 Å². The van der Waals surface area contributed by atoms with E-state index in [1.165, 1.54) is 0 Å². The number of ether oxygens (including phenoxy) is 1. The monoisotopic (exact) mass is 393 g/mol. The van der Waals surface area contributed by atoms with Crippen LogP contribution < -0.4 is 10.6 Å². The Morgan fingerprint density at radius 3 is 2.96 bits per heavy atom. The van der Waals surface area contributed by atoms with Gasteiger partial charge in [0.15, 0.2) is 5.96 Å². The number of rotatable bonds is 9. The summed E-state index contributed by atoms with van der Waals surface area (Å²) in [7, 11) is 3.59. The van der Waals surface area contributed by atoms with Gasteiger partial charge in [-0.1, -0.05) is 0 Å². The van der Waals surface area contributed by atoms with Crippen LogP contribution in [0.5, 0.6) is 0 Å². The van der Waals surface area contributed by atoms with Crippen LogP contribution in [0.2, 0.25) is 0 Å². The van der Waals surface area contributed by atoms with Crippen LogP contribution in [-0.2, 0) is 22.6 Å². The molecule has 2 rings (SSSR count). The molecule has 0 aliphatic heterocycles. The average Bonchev–Trinajstić information content (AvgIpc) is 3.34. The molecule has 27 heavy (non-hydrogen) atoms. The molecule has 0 aliphatic carbocycles. The van der Waals surface area contributed by atoms with Gasteiger partial charge in [-0.15, -0.1) is 11.3 Å². The maximum Gasteiger partial charge on any atom is 0.242 e. The summed E-state index contributed by atoms with van der Waals surface area (Å²) in [6, 6.07) is 3.60. The Morgan fingerprint density at radius 1 is 1.48 bits per heavy atom. The number of carbonyl (C=O) groups is 1. The number of carbonyl (C=O) groups excluding carboxylic acids is 1. The lowest BCUT2D eigenvalue weighted by molar-refractivity contribution is -0.119. The molecule has 2 aromatic rings. The molecule has 0 aliphatic rings. The van der Waals surface area contributed by atoms with E-state index >= 15 is 0 Å². The largest absolute Gasteiger partial charge is 0.467 e. The Hall–Kier alpha value is -2.39. The fraction of sp³-hybridized carbons (Fsp3) is 0.500. The molecule has 0 spiro atoms. The standard InChI is InChI=1S/C18H27N5O3S/c1-5-19-18(21-10-16(24)20-9-15-7-6-8-26-15)23(3)11-14-12-27-17(22-14)13(2)25-4/h6-8,12-13H,5,9-11H2,1-4H3,(H,19,21)(H,20,24). The molecule has 1 atom stereocenters. The molecular formula is C18H27N5O3S. The lowest BCUT2D eigenvalue weighted by Crippen LogP contribution is -2.39. The Labute approximate surface area is 163 Å². The second-order valence-corrected chi connectivity index (χ2v) is 6.83. The number of aromatic nitrogens is 1. The molecule has 2 N–H and O–H groups in total. The van der Waals surface area contributed by atoms with Gasteiger partial charge in [0.25, 0.3) is 0 Å². The molecule has 0 saturated heterocycles. The third-order valence-electron chi connectivity index (χ3n) is 3.78. The van der Waals surface area contributed by atoms with Crippen molar-refractivity contribution in [2.75, 3.05) is 27.2 Å². The average molecular weight is 394 g/mol. The van der Waals surface area contributed by atoms with E-state index in [-0.39, 0.29) is 18.6 Å². The molecule has 8 nitrogen and oxygen atoms in total. The minimum Gasteiger partial charge on any atom is -0.467 e. The number of nitrogens with one attached hydrogen (secondary N) is 2. The molecule has 1 amide bonds. The first-order valence-corrected chi connectivity index (χ1v) is 9.67. The van der Waals surface area contributed by atoms with Crippen molar-refractivity contribution in [3.63, 3.8) is 0 Å². The Kier molecular flexibility index (Phi) is 8.28. The summed E-state index contributed by atoms with van der Waals surface area (Å²) < 4.78 is 10.5. The molecule has 0 aromatic carbocycles. The van der Waals surface area contributed by atoms with E-state index in [9.17, 15) is 4.79 Å². The van der Waals surface area contributed by atoms with Gasteiger partial charge in [-0.2, -0.15) is 0 Å². The van der Waals surface area contributed by atoms with Crippen molar-refractivity contribution in [3.05, 3.63) is 40.2 Å². The lowest BCUT2D eigenvalue weighted by Gasteiger charge is -2.21. The van der Waals surface area contributed by atoms with E-state index in [0.29, 0.717) is 31.4 Å². The predicted molar refractivity (Wildman–Crippen MR) is 106 cm³/mol. The zero-order valence-electron chi connectivity index (χ0n) is 16.2. The predicted octanol–water partition coefficient (Wildman–Crippen LogP) is 2.16. The van der Waals surface area contributed by atoms with Gasteiger partial charge >= 0.3 is 0 Å². The van der Waals surface area contributed by atoms with Gasteiger partial charge in [-0.25, -0.2) is 9.98 Å². The molecule has 0 radical (unpaired) electrons. The number of hydrogen-bond donors (Lipinski definition) is 2. The molecule has 0 saturated carbocycles. The first-order valence-electron chi connectivity index (χ1n) is 8.79. The van der Waals surface area contributed by atoms with E-state index in [1.54, 1.807) is 30.8 Å². The van der Waals surface area contributed by atoms with Crippen LogP contribution >= 0.6 is 11.3 Å². The van der Waals surface area contributed by atoms with Crippen molar-refractivity contribution >= 4 is 23.2 Å². The van der Waals surface area contributed by atoms with Crippen molar-refractivity contribution in [2.45, 2.75) is 33.0 Å². The quantitative estimate of drug-likeness (QED) is 0.501. The normalized spacial score (nSPS) is 12.7. The highest BCUT2D eigenvalue weighted by Crippen LogP contribution is 2.20. The summed E-state index contributed by atoms with van der Waals surface area (Å²) >= 11 is 1.58. The number of thiazole rings is 1. The summed E-state index contributed by atoms with van der Waals surface area (Å²) in [4.78, 5) is 23.0. The van der Waals surface area contributed by atoms with Gasteiger partial charge in [0.05, 0.1) is 25.0 Å². The Morgan fingerprint density at radius 2 is 2.30 bits per heavy atom. The van der Waals surface area contributed by atoms with Crippen LogP contribution in [0, 0.1) is 0 Å². The summed E-state index contributed by atoms with van der Waals surface area (Å²) in [5, 5.41) is 8.94. The third-order valence-corrected chi connectivity index (χ3v) is 4.83. The molecule has 148 valence electrons. The maximum atomic E-state index is 12.0. The van der Waals surface area contributed by atoms with Crippen molar-refractivity contribution < 1.29 is 13.9 Å². The molecule has 2 aromatic heterocycles. The number of furan rings is 1. The fourth-order valence-corrected chi connectivity index (χ4v) is 3.11. The number of nitrogens with zero attached hydrogens (tertiary/aromatic N) is 3. The zero-order valence-corrected chi connectivity index (χ0v) is 17.0. The molecule has 1 unspecified atom stereocenters. The van der Waals surface area contributed by atoms with Gasteiger partial charge in [0.1, 0.15) is 23.4 Å². The van der Waals surface area contributed by atoms with E-state index in [2.05, 4.69) is 20.6 Å². The van der Waals surface area contributed by atoms with Crippen LogP contribution in [0.3, 0.4) is 0 Å². The second-order valence-electron chi connectivity index (χ2n) is 5.94. The van der Waals surface area contributed by atoms with Crippen LogP contribution in [0.15, 0.2) is 33.2 Å². The van der Waals surface area contributed by atoms with Gasteiger partial charge < -0.3 is 24.7 Å². The maximum absolute atomic E-state index is 12.0. The van der Waals surface area contributed by atoms with Crippen LogP contribution in [-0.4, -0.2) is 49.0 Å². The molecule has 0 bridgehead atoms. The van der Waals surface area contributed by atoms with Gasteiger partial charge in [-0.3, -0.25) is 4.79 Å².